The number of nitrogens with zero attached hydrogens (tertiary/aromatic N) is 2. The van der Waals surface area contributed by atoms with Gasteiger partial charge in [0.15, 0.2) is 5.82 Å². The smallest absolute Gasteiger partial charge is 0.341 e. The van der Waals surface area contributed by atoms with Crippen molar-refractivity contribution in [3.05, 3.63) is 28.9 Å². The molecule has 5 nitrogen and oxygen atoms in total. The molecule has 0 radical (unpaired) electrons. The topological polar surface area (TPSA) is 89.1 Å². The van der Waals surface area contributed by atoms with Gasteiger partial charge in [-0.2, -0.15) is 0 Å². The van der Waals surface area contributed by atoms with Crippen LogP contribution in [0.4, 0.5) is 0 Å². The summed E-state index contributed by atoms with van der Waals surface area (Å²) in [5.41, 5.74) is 4.99. The number of nitrogens with two attached hydrogens (primary N) is 1. The fourth-order valence-electron chi connectivity index (χ4n) is 0.693. The van der Waals surface area contributed by atoms with E-state index in [0.717, 1.165) is 6.20 Å². The first-order valence-corrected chi connectivity index (χ1v) is 4.07. The Labute approximate surface area is 82.4 Å². The van der Waals surface area contributed by atoms with Crippen molar-refractivity contribution in [3.63, 3.8) is 0 Å². The maximum atomic E-state index is 10.6. The average Bonchev–Trinajstić information content (AvgIpc) is 2.09. The highest BCUT2D eigenvalue weighted by molar-refractivity contribution is 9.10. The number of rotatable bonds is 2. The molecule has 0 saturated heterocycles. The van der Waals surface area contributed by atoms with Crippen LogP contribution >= 0.6 is 15.9 Å². The fraction of sp³-hybridized carbons (Fsp3) is 0. The molecule has 6 heteroatoms. The molecule has 0 aliphatic carbocycles. The van der Waals surface area contributed by atoms with Crippen LogP contribution < -0.4 is 5.73 Å². The van der Waals surface area contributed by atoms with Gasteiger partial charge in [-0.05, 0) is 15.9 Å². The van der Waals surface area contributed by atoms with E-state index in [9.17, 15) is 4.79 Å². The quantitative estimate of drug-likeness (QED) is 0.744. The third-order valence-corrected chi connectivity index (χ3v) is 1.67. The largest absolute Gasteiger partial charge is 0.477 e. The van der Waals surface area contributed by atoms with Gasteiger partial charge in [0, 0.05) is 18.6 Å². The fourth-order valence-corrected chi connectivity index (χ4v) is 0.898. The Morgan fingerprint density at radius 1 is 1.54 bits per heavy atom. The molecule has 0 aliphatic heterocycles. The van der Waals surface area contributed by atoms with E-state index in [1.807, 2.05) is 0 Å². The highest BCUT2D eigenvalue weighted by atomic mass is 79.9. The SMILES string of the molecule is NC=C(C(=O)O)c1ncc(Br)cn1. The van der Waals surface area contributed by atoms with Gasteiger partial charge in [0.2, 0.25) is 0 Å². The van der Waals surface area contributed by atoms with E-state index >= 15 is 0 Å². The first-order chi connectivity index (χ1) is 6.15. The van der Waals surface area contributed by atoms with Crippen molar-refractivity contribution in [1.29, 1.82) is 0 Å². The van der Waals surface area contributed by atoms with Crippen LogP contribution in [0.3, 0.4) is 0 Å². The molecule has 1 aromatic rings. The van der Waals surface area contributed by atoms with Crippen molar-refractivity contribution in [2.24, 2.45) is 5.73 Å². The molecule has 0 amide bonds. The number of hydrogen-bond donors (Lipinski definition) is 2. The van der Waals surface area contributed by atoms with Crippen molar-refractivity contribution in [3.8, 4) is 0 Å². The van der Waals surface area contributed by atoms with Crippen molar-refractivity contribution >= 4 is 27.5 Å². The maximum Gasteiger partial charge on any atom is 0.341 e. The summed E-state index contributed by atoms with van der Waals surface area (Å²) >= 11 is 3.13. The first-order valence-electron chi connectivity index (χ1n) is 3.28. The first kappa shape index (κ1) is 9.66. The lowest BCUT2D eigenvalue weighted by atomic mass is 10.3. The zero-order chi connectivity index (χ0) is 9.84. The Hall–Kier alpha value is -1.43. The number of carboxylic acids is 1. The summed E-state index contributed by atoms with van der Waals surface area (Å²) in [6.45, 7) is 0. The van der Waals surface area contributed by atoms with Crippen LogP contribution in [0, 0.1) is 0 Å². The van der Waals surface area contributed by atoms with Gasteiger partial charge >= 0.3 is 5.97 Å². The number of halogens is 1. The highest BCUT2D eigenvalue weighted by Gasteiger charge is 2.11. The molecule has 0 unspecified atom stereocenters. The number of carbonyl (C=O) groups is 1. The van der Waals surface area contributed by atoms with Gasteiger partial charge in [-0.1, -0.05) is 0 Å². The molecular formula is C7H6BrN3O2. The van der Waals surface area contributed by atoms with Gasteiger partial charge in [0.05, 0.1) is 4.47 Å². The second kappa shape index (κ2) is 3.99. The molecule has 68 valence electrons. The maximum absolute atomic E-state index is 10.6. The van der Waals surface area contributed by atoms with Crippen LogP contribution in [0.1, 0.15) is 5.82 Å². The average molecular weight is 244 g/mol. The molecule has 0 fully saturated rings. The lowest BCUT2D eigenvalue weighted by Crippen LogP contribution is -2.05. The summed E-state index contributed by atoms with van der Waals surface area (Å²) in [4.78, 5) is 18.1. The molecule has 1 aromatic heterocycles. The van der Waals surface area contributed by atoms with Gasteiger partial charge in [-0.25, -0.2) is 14.8 Å². The standard InChI is InChI=1S/C7H6BrN3O2/c8-4-2-10-6(11-3-4)5(1-9)7(12)13/h1-3H,9H2,(H,12,13). The summed E-state index contributed by atoms with van der Waals surface area (Å²) in [5, 5.41) is 8.66. The molecule has 13 heavy (non-hydrogen) atoms. The Morgan fingerprint density at radius 2 is 2.08 bits per heavy atom. The van der Waals surface area contributed by atoms with Crippen LogP contribution in [-0.2, 0) is 4.79 Å². The van der Waals surface area contributed by atoms with E-state index in [1.165, 1.54) is 12.4 Å². The number of hydrogen-bond acceptors (Lipinski definition) is 4. The molecule has 1 rings (SSSR count). The van der Waals surface area contributed by atoms with Gasteiger partial charge in [-0.15, -0.1) is 0 Å². The molecule has 0 spiro atoms. The molecule has 0 aliphatic rings. The monoisotopic (exact) mass is 243 g/mol. The predicted molar refractivity (Wildman–Crippen MR) is 49.5 cm³/mol. The van der Waals surface area contributed by atoms with Crippen molar-refractivity contribution in [2.75, 3.05) is 0 Å². The Bertz CT molecular complexity index is 347. The second-order valence-corrected chi connectivity index (χ2v) is 3.03. The molecule has 0 bridgehead atoms. The summed E-state index contributed by atoms with van der Waals surface area (Å²) < 4.78 is 0.679. The van der Waals surface area contributed by atoms with Crippen molar-refractivity contribution in [2.45, 2.75) is 0 Å². The lowest BCUT2D eigenvalue weighted by Gasteiger charge is -1.98. The predicted octanol–water partition coefficient (Wildman–Crippen LogP) is 0.623. The minimum atomic E-state index is -1.15. The van der Waals surface area contributed by atoms with Gasteiger partial charge in [0.1, 0.15) is 5.57 Å². The molecular weight excluding hydrogens is 238 g/mol. The van der Waals surface area contributed by atoms with Crippen molar-refractivity contribution in [1.82, 2.24) is 9.97 Å². The van der Waals surface area contributed by atoms with Crippen molar-refractivity contribution < 1.29 is 9.90 Å². The molecule has 3 N–H and O–H groups in total. The molecule has 1 heterocycles. The van der Waals surface area contributed by atoms with Crippen LogP contribution in [0.25, 0.3) is 5.57 Å². The zero-order valence-corrected chi connectivity index (χ0v) is 8.02. The lowest BCUT2D eigenvalue weighted by molar-refractivity contribution is -0.130. The summed E-state index contributed by atoms with van der Waals surface area (Å²) in [7, 11) is 0. The Balaban J connectivity index is 3.07. The minimum absolute atomic E-state index is 0.0956. The zero-order valence-electron chi connectivity index (χ0n) is 6.44. The molecule has 0 atom stereocenters. The number of aliphatic carboxylic acids is 1. The summed E-state index contributed by atoms with van der Waals surface area (Å²) in [6.07, 6.45) is 3.87. The Kier molecular flexibility index (Phi) is 2.97. The van der Waals surface area contributed by atoms with Gasteiger partial charge in [-0.3, -0.25) is 0 Å². The van der Waals surface area contributed by atoms with Crippen LogP contribution in [0.5, 0.6) is 0 Å². The minimum Gasteiger partial charge on any atom is -0.477 e. The van der Waals surface area contributed by atoms with Crippen LogP contribution in [0.2, 0.25) is 0 Å². The van der Waals surface area contributed by atoms with E-state index in [0.29, 0.717) is 4.47 Å². The van der Waals surface area contributed by atoms with E-state index in [-0.39, 0.29) is 11.4 Å². The van der Waals surface area contributed by atoms with E-state index in [2.05, 4.69) is 25.9 Å². The van der Waals surface area contributed by atoms with Gasteiger partial charge < -0.3 is 10.8 Å². The third kappa shape index (κ3) is 2.25. The highest BCUT2D eigenvalue weighted by Crippen LogP contribution is 2.10. The van der Waals surface area contributed by atoms with E-state index < -0.39 is 5.97 Å². The third-order valence-electron chi connectivity index (χ3n) is 1.26. The number of aromatic nitrogens is 2. The van der Waals surface area contributed by atoms with Crippen LogP contribution in [0.15, 0.2) is 23.1 Å². The normalized spacial score (nSPS) is 11.3. The molecule has 0 saturated carbocycles. The summed E-state index contributed by atoms with van der Waals surface area (Å²) in [6, 6.07) is 0. The van der Waals surface area contributed by atoms with E-state index in [1.54, 1.807) is 0 Å². The summed E-state index contributed by atoms with van der Waals surface area (Å²) in [5.74, 6) is -1.05. The number of carboxylic acid groups (broad SMARTS) is 1. The van der Waals surface area contributed by atoms with Crippen LogP contribution in [-0.4, -0.2) is 21.0 Å². The van der Waals surface area contributed by atoms with E-state index in [4.69, 9.17) is 10.8 Å². The van der Waals surface area contributed by atoms with Gasteiger partial charge in [0.25, 0.3) is 0 Å². The Morgan fingerprint density at radius 3 is 2.46 bits per heavy atom. The second-order valence-electron chi connectivity index (χ2n) is 2.11. The molecule has 0 aromatic carbocycles.